The number of rotatable bonds is 6. The van der Waals surface area contributed by atoms with Crippen molar-refractivity contribution >= 4 is 15.9 Å². The number of ether oxygens (including phenoxy) is 1. The fraction of sp³-hybridized carbons (Fsp3) is 0.625. The Morgan fingerprint density at radius 1 is 1.29 bits per heavy atom. The first-order valence-electron chi connectivity index (χ1n) is 8.75. The maximum Gasteiger partial charge on any atom is 0.248 e. The Kier molecular flexibility index (Phi) is 5.82. The van der Waals surface area contributed by atoms with E-state index in [1.807, 2.05) is 0 Å². The number of sulfonamides is 1. The largest absolute Gasteiger partial charge is 0.375 e. The lowest BCUT2D eigenvalue weighted by atomic mass is 9.92. The van der Waals surface area contributed by atoms with Gasteiger partial charge in [-0.05, 0) is 27.2 Å². The van der Waals surface area contributed by atoms with Crippen molar-refractivity contribution < 1.29 is 27.0 Å². The highest BCUT2D eigenvalue weighted by Crippen LogP contribution is 2.32. The molecular weight excluding hydrogens is 390 g/mol. The van der Waals surface area contributed by atoms with Crippen LogP contribution in [0.1, 0.15) is 35.5 Å². The maximum atomic E-state index is 13.1. The van der Waals surface area contributed by atoms with E-state index >= 15 is 0 Å². The summed E-state index contributed by atoms with van der Waals surface area (Å²) >= 11 is 0. The van der Waals surface area contributed by atoms with Crippen molar-refractivity contribution in [3.05, 3.63) is 23.2 Å². The summed E-state index contributed by atoms with van der Waals surface area (Å²) in [6.07, 6.45) is 0.405. The molecule has 1 aliphatic rings. The topological polar surface area (TPSA) is 141 Å². The minimum Gasteiger partial charge on any atom is -0.375 e. The minimum atomic E-state index is -3.83. The second-order valence-corrected chi connectivity index (χ2v) is 8.57. The van der Waals surface area contributed by atoms with Gasteiger partial charge in [-0.3, -0.25) is 4.79 Å². The van der Waals surface area contributed by atoms with Crippen molar-refractivity contribution in [2.24, 2.45) is 0 Å². The van der Waals surface area contributed by atoms with Gasteiger partial charge in [0.1, 0.15) is 17.2 Å². The summed E-state index contributed by atoms with van der Waals surface area (Å²) in [6.45, 7) is 4.97. The highest BCUT2D eigenvalue weighted by molar-refractivity contribution is 7.89. The van der Waals surface area contributed by atoms with Crippen LogP contribution < -0.4 is 5.32 Å². The number of nitrogens with one attached hydrogen (secondary N) is 1. The fourth-order valence-corrected chi connectivity index (χ4v) is 5.17. The zero-order valence-electron chi connectivity index (χ0n) is 16.1. The van der Waals surface area contributed by atoms with Gasteiger partial charge in [0.15, 0.2) is 11.6 Å². The zero-order valence-corrected chi connectivity index (χ0v) is 16.9. The molecule has 1 amide bonds. The summed E-state index contributed by atoms with van der Waals surface area (Å²) < 4.78 is 42.7. The third kappa shape index (κ3) is 3.93. The average Bonchev–Trinajstić information content (AvgIpc) is 3.20. The molecule has 0 spiro atoms. The molecule has 3 heterocycles. The molecule has 0 radical (unpaired) electrons. The normalized spacial score (nSPS) is 21.0. The molecule has 28 heavy (non-hydrogen) atoms. The predicted octanol–water partition coefficient (Wildman–Crippen LogP) is 0.292. The molecule has 1 aliphatic heterocycles. The molecule has 0 bridgehead atoms. The summed E-state index contributed by atoms with van der Waals surface area (Å²) in [4.78, 5) is 16.4. The molecule has 2 aromatic heterocycles. The predicted molar refractivity (Wildman–Crippen MR) is 94.9 cm³/mol. The van der Waals surface area contributed by atoms with Crippen molar-refractivity contribution in [2.75, 3.05) is 26.8 Å². The highest BCUT2D eigenvalue weighted by atomic mass is 32.2. The van der Waals surface area contributed by atoms with Crippen LogP contribution in [0.3, 0.4) is 0 Å². The zero-order chi connectivity index (χ0) is 20.5. The number of nitrogens with zero attached hydrogens (tertiary/aromatic N) is 4. The second kappa shape index (κ2) is 7.97. The number of aromatic nitrogens is 3. The van der Waals surface area contributed by atoms with Crippen LogP contribution >= 0.6 is 0 Å². The molecule has 12 heteroatoms. The molecule has 3 rings (SSSR count). The van der Waals surface area contributed by atoms with Gasteiger partial charge in [-0.15, -0.1) is 0 Å². The molecular formula is C16H23N5O6S. The van der Waals surface area contributed by atoms with E-state index in [0.29, 0.717) is 23.8 Å². The van der Waals surface area contributed by atoms with Crippen LogP contribution in [0.15, 0.2) is 13.9 Å². The van der Waals surface area contributed by atoms with E-state index in [0.717, 1.165) is 0 Å². The second-order valence-electron chi connectivity index (χ2n) is 6.70. The van der Waals surface area contributed by atoms with E-state index < -0.39 is 16.1 Å². The Bertz CT molecular complexity index is 933. The first kappa shape index (κ1) is 20.4. The van der Waals surface area contributed by atoms with Gasteiger partial charge in [-0.2, -0.15) is 9.29 Å². The number of aryl methyl sites for hydroxylation is 3. The highest BCUT2D eigenvalue weighted by Gasteiger charge is 2.41. The number of hydrogen-bond donors (Lipinski definition) is 1. The van der Waals surface area contributed by atoms with E-state index in [1.54, 1.807) is 20.8 Å². The Balaban J connectivity index is 1.88. The lowest BCUT2D eigenvalue weighted by Crippen LogP contribution is -2.53. The fourth-order valence-electron chi connectivity index (χ4n) is 3.40. The van der Waals surface area contributed by atoms with Crippen LogP contribution in [0.2, 0.25) is 0 Å². The van der Waals surface area contributed by atoms with Gasteiger partial charge in [0.05, 0.1) is 12.0 Å². The van der Waals surface area contributed by atoms with Crippen LogP contribution in [0.4, 0.5) is 0 Å². The Hall–Kier alpha value is -2.31. The van der Waals surface area contributed by atoms with E-state index in [1.165, 1.54) is 11.4 Å². The molecule has 1 fully saturated rings. The van der Waals surface area contributed by atoms with Gasteiger partial charge in [0.25, 0.3) is 0 Å². The molecule has 0 aromatic carbocycles. The lowest BCUT2D eigenvalue weighted by molar-refractivity contribution is -0.125. The molecule has 1 saturated heterocycles. The molecule has 11 nitrogen and oxygen atoms in total. The molecule has 1 N–H and O–H groups in total. The van der Waals surface area contributed by atoms with E-state index in [9.17, 15) is 13.2 Å². The van der Waals surface area contributed by atoms with E-state index in [4.69, 9.17) is 13.8 Å². The van der Waals surface area contributed by atoms with Crippen molar-refractivity contribution in [1.82, 2.24) is 24.9 Å². The standard InChI is InChI=1S/C16H23N5O6S/c1-9-15(10(2)26-19-9)28(23,24)21-6-5-12(16-17-11(3)20-27-16)13(7-21)18-14(22)8-25-4/h12-13H,5-8H2,1-4H3,(H,18,22)/t12-,13+/m0/s1. The minimum absolute atomic E-state index is 0.0495. The molecule has 2 aromatic rings. The number of amides is 1. The van der Waals surface area contributed by atoms with Crippen LogP contribution in [-0.4, -0.2) is 66.8 Å². The van der Waals surface area contributed by atoms with Crippen LogP contribution in [-0.2, 0) is 19.6 Å². The lowest BCUT2D eigenvalue weighted by Gasteiger charge is -2.36. The van der Waals surface area contributed by atoms with E-state index in [-0.39, 0.29) is 42.2 Å². The number of methoxy groups -OCH3 is 1. The van der Waals surface area contributed by atoms with Crippen LogP contribution in [0.25, 0.3) is 0 Å². The third-order valence-electron chi connectivity index (χ3n) is 4.62. The van der Waals surface area contributed by atoms with Crippen LogP contribution in [0.5, 0.6) is 0 Å². The maximum absolute atomic E-state index is 13.1. The monoisotopic (exact) mass is 413 g/mol. The smallest absolute Gasteiger partial charge is 0.248 e. The van der Waals surface area contributed by atoms with Crippen molar-refractivity contribution in [3.8, 4) is 0 Å². The van der Waals surface area contributed by atoms with Gasteiger partial charge in [0.2, 0.25) is 21.8 Å². The van der Waals surface area contributed by atoms with Crippen molar-refractivity contribution in [1.29, 1.82) is 0 Å². The van der Waals surface area contributed by atoms with Gasteiger partial charge >= 0.3 is 0 Å². The number of carbonyl (C=O) groups is 1. The molecule has 0 saturated carbocycles. The van der Waals surface area contributed by atoms with Crippen LogP contribution in [0, 0.1) is 20.8 Å². The average molecular weight is 413 g/mol. The number of carbonyl (C=O) groups excluding carboxylic acids is 1. The van der Waals surface area contributed by atoms with E-state index in [2.05, 4.69) is 20.6 Å². The van der Waals surface area contributed by atoms with Gasteiger partial charge in [-0.1, -0.05) is 10.3 Å². The molecule has 154 valence electrons. The van der Waals surface area contributed by atoms with Crippen molar-refractivity contribution in [3.63, 3.8) is 0 Å². The number of hydrogen-bond acceptors (Lipinski definition) is 9. The molecule has 2 atom stereocenters. The first-order valence-corrected chi connectivity index (χ1v) is 10.2. The quantitative estimate of drug-likeness (QED) is 0.707. The Morgan fingerprint density at radius 2 is 2.04 bits per heavy atom. The SMILES string of the molecule is COCC(=O)N[C@@H]1CN(S(=O)(=O)c2c(C)noc2C)CC[C@@H]1c1nc(C)no1. The van der Waals surface area contributed by atoms with Gasteiger partial charge in [-0.25, -0.2) is 8.42 Å². The number of piperidine rings is 1. The summed E-state index contributed by atoms with van der Waals surface area (Å²) in [7, 11) is -2.42. The summed E-state index contributed by atoms with van der Waals surface area (Å²) in [6, 6.07) is -0.550. The Labute approximate surface area is 162 Å². The molecule has 0 aliphatic carbocycles. The van der Waals surface area contributed by atoms with Gasteiger partial charge in [0, 0.05) is 20.2 Å². The first-order chi connectivity index (χ1) is 13.2. The van der Waals surface area contributed by atoms with Gasteiger partial charge < -0.3 is 19.1 Å². The Morgan fingerprint density at radius 3 is 2.61 bits per heavy atom. The summed E-state index contributed by atoms with van der Waals surface area (Å²) in [5.41, 5.74) is 0.298. The van der Waals surface area contributed by atoms with Crippen molar-refractivity contribution in [2.45, 2.75) is 44.0 Å². The molecule has 0 unspecified atom stereocenters. The third-order valence-corrected chi connectivity index (χ3v) is 6.73. The summed E-state index contributed by atoms with van der Waals surface area (Å²) in [5, 5.41) is 10.3. The summed E-state index contributed by atoms with van der Waals surface area (Å²) in [5.74, 6) is 0.410.